The summed E-state index contributed by atoms with van der Waals surface area (Å²) in [6, 6.07) is 18.8. The lowest BCUT2D eigenvalue weighted by atomic mass is 10.1. The summed E-state index contributed by atoms with van der Waals surface area (Å²) < 4.78 is 16.1. The first-order valence-corrected chi connectivity index (χ1v) is 10.7. The lowest BCUT2D eigenvalue weighted by Crippen LogP contribution is -2.20. The maximum absolute atomic E-state index is 12.3. The minimum absolute atomic E-state index is 0.232. The van der Waals surface area contributed by atoms with Gasteiger partial charge >= 0.3 is 11.6 Å². The van der Waals surface area contributed by atoms with Crippen LogP contribution in [0.3, 0.4) is 0 Å². The van der Waals surface area contributed by atoms with Gasteiger partial charge in [-0.3, -0.25) is 4.79 Å². The van der Waals surface area contributed by atoms with Crippen LogP contribution in [0.2, 0.25) is 0 Å². The Bertz CT molecular complexity index is 1360. The molecular weight excluding hydrogens is 422 g/mol. The molecule has 0 unspecified atom stereocenters. The molecule has 7 nitrogen and oxygen atoms in total. The Morgan fingerprint density at radius 2 is 1.70 bits per heavy atom. The molecule has 3 aromatic carbocycles. The van der Waals surface area contributed by atoms with Crippen molar-refractivity contribution in [3.05, 3.63) is 82.7 Å². The van der Waals surface area contributed by atoms with Crippen LogP contribution in [0.15, 0.2) is 75.9 Å². The van der Waals surface area contributed by atoms with Gasteiger partial charge in [0.1, 0.15) is 11.3 Å². The third kappa shape index (κ3) is 5.20. The number of fused-ring (bicyclic) bond motifs is 3. The lowest BCUT2D eigenvalue weighted by Gasteiger charge is -2.09. The van der Waals surface area contributed by atoms with Crippen LogP contribution >= 0.6 is 0 Å². The zero-order valence-corrected chi connectivity index (χ0v) is 18.1. The number of rotatable bonds is 8. The van der Waals surface area contributed by atoms with Crippen LogP contribution in [0.5, 0.6) is 5.75 Å². The molecule has 1 amide bonds. The average Bonchev–Trinajstić information content (AvgIpc) is 2.83. The lowest BCUT2D eigenvalue weighted by molar-refractivity contribution is -0.118. The van der Waals surface area contributed by atoms with Crippen LogP contribution in [-0.2, 0) is 9.53 Å². The summed E-state index contributed by atoms with van der Waals surface area (Å²) in [4.78, 5) is 36.4. The van der Waals surface area contributed by atoms with Crippen molar-refractivity contribution in [1.82, 2.24) is 0 Å². The smallest absolute Gasteiger partial charge is 0.344 e. The number of hydrogen-bond acceptors (Lipinski definition) is 6. The van der Waals surface area contributed by atoms with Crippen LogP contribution in [0.25, 0.3) is 21.7 Å². The van der Waals surface area contributed by atoms with Crippen LogP contribution in [0, 0.1) is 0 Å². The van der Waals surface area contributed by atoms with Crippen molar-refractivity contribution < 1.29 is 23.5 Å². The van der Waals surface area contributed by atoms with Crippen molar-refractivity contribution in [2.24, 2.45) is 0 Å². The van der Waals surface area contributed by atoms with Gasteiger partial charge in [0, 0.05) is 17.1 Å². The molecule has 0 bridgehead atoms. The summed E-state index contributed by atoms with van der Waals surface area (Å²) in [5.41, 5.74) is 0.916. The highest BCUT2D eigenvalue weighted by Gasteiger charge is 2.10. The predicted molar refractivity (Wildman–Crippen MR) is 126 cm³/mol. The molecular formula is C26H23NO6. The van der Waals surface area contributed by atoms with E-state index < -0.39 is 5.63 Å². The fourth-order valence-corrected chi connectivity index (χ4v) is 3.38. The maximum atomic E-state index is 12.3. The van der Waals surface area contributed by atoms with Gasteiger partial charge in [0.15, 0.2) is 6.61 Å². The van der Waals surface area contributed by atoms with Crippen LogP contribution in [0.1, 0.15) is 30.1 Å². The molecule has 4 aromatic rings. The number of esters is 1. The standard InChI is InChI=1S/C26H23NO6/c1-2-3-14-31-25(29)17-8-10-18(11-9-17)27-24(28)16-32-19-12-13-21-20-6-4-5-7-22(20)26(30)33-23(21)15-19/h4-13,15H,2-3,14,16H2,1H3,(H,27,28). The van der Waals surface area contributed by atoms with Crippen molar-refractivity contribution in [1.29, 1.82) is 0 Å². The molecule has 0 radical (unpaired) electrons. The minimum atomic E-state index is -0.425. The summed E-state index contributed by atoms with van der Waals surface area (Å²) in [6.07, 6.45) is 1.77. The number of nitrogens with one attached hydrogen (secondary N) is 1. The number of amides is 1. The number of ether oxygens (including phenoxy) is 2. The molecule has 1 aromatic heterocycles. The van der Waals surface area contributed by atoms with Crippen molar-refractivity contribution in [2.75, 3.05) is 18.5 Å². The van der Waals surface area contributed by atoms with Gasteiger partial charge < -0.3 is 19.2 Å². The molecule has 0 fully saturated rings. The van der Waals surface area contributed by atoms with Gasteiger partial charge in [0.2, 0.25) is 0 Å². The summed E-state index contributed by atoms with van der Waals surface area (Å²) in [7, 11) is 0. The third-order valence-electron chi connectivity index (χ3n) is 5.10. The van der Waals surface area contributed by atoms with Crippen molar-refractivity contribution in [2.45, 2.75) is 19.8 Å². The van der Waals surface area contributed by atoms with Gasteiger partial charge in [-0.25, -0.2) is 9.59 Å². The van der Waals surface area contributed by atoms with Crippen LogP contribution in [-0.4, -0.2) is 25.1 Å². The van der Waals surface area contributed by atoms with Crippen molar-refractivity contribution >= 4 is 39.3 Å². The molecule has 0 saturated carbocycles. The van der Waals surface area contributed by atoms with E-state index in [0.717, 1.165) is 23.6 Å². The number of carbonyl (C=O) groups is 2. The van der Waals surface area contributed by atoms with E-state index in [4.69, 9.17) is 13.9 Å². The summed E-state index contributed by atoms with van der Waals surface area (Å²) in [5, 5.41) is 4.81. The van der Waals surface area contributed by atoms with Gasteiger partial charge in [-0.05, 0) is 54.3 Å². The highest BCUT2D eigenvalue weighted by atomic mass is 16.5. The van der Waals surface area contributed by atoms with Crippen LogP contribution in [0.4, 0.5) is 5.69 Å². The zero-order chi connectivity index (χ0) is 23.2. The molecule has 4 rings (SSSR count). The van der Waals surface area contributed by atoms with E-state index in [1.807, 2.05) is 19.1 Å². The van der Waals surface area contributed by atoms with Crippen LogP contribution < -0.4 is 15.7 Å². The Hall–Kier alpha value is -4.13. The summed E-state index contributed by atoms with van der Waals surface area (Å²) in [6.45, 7) is 2.18. The second-order valence-corrected chi connectivity index (χ2v) is 7.50. The Morgan fingerprint density at radius 1 is 0.939 bits per heavy atom. The first kappa shape index (κ1) is 22.1. The monoisotopic (exact) mass is 445 g/mol. The first-order valence-electron chi connectivity index (χ1n) is 10.7. The van der Waals surface area contributed by atoms with E-state index in [1.165, 1.54) is 0 Å². The molecule has 0 aliphatic carbocycles. The van der Waals surface area contributed by atoms with Gasteiger partial charge in [-0.15, -0.1) is 0 Å². The maximum Gasteiger partial charge on any atom is 0.344 e. The normalized spacial score (nSPS) is 10.8. The predicted octanol–water partition coefficient (Wildman–Crippen LogP) is 4.92. The quantitative estimate of drug-likeness (QED) is 0.179. The Labute approximate surface area is 189 Å². The molecule has 0 spiro atoms. The molecule has 0 aliphatic heterocycles. The molecule has 0 saturated heterocycles. The van der Waals surface area contributed by atoms with E-state index in [1.54, 1.807) is 54.6 Å². The molecule has 33 heavy (non-hydrogen) atoms. The fourth-order valence-electron chi connectivity index (χ4n) is 3.38. The number of hydrogen-bond donors (Lipinski definition) is 1. The highest BCUT2D eigenvalue weighted by Crippen LogP contribution is 2.26. The second kappa shape index (κ2) is 9.99. The van der Waals surface area contributed by atoms with Crippen molar-refractivity contribution in [3.8, 4) is 5.75 Å². The number of anilines is 1. The number of unbranched alkanes of at least 4 members (excludes halogenated alkanes) is 1. The van der Waals surface area contributed by atoms with Gasteiger partial charge in [0.05, 0.1) is 17.6 Å². The zero-order valence-electron chi connectivity index (χ0n) is 18.1. The summed E-state index contributed by atoms with van der Waals surface area (Å²) >= 11 is 0. The minimum Gasteiger partial charge on any atom is -0.484 e. The van der Waals surface area contributed by atoms with Gasteiger partial charge in [0.25, 0.3) is 5.91 Å². The molecule has 1 N–H and O–H groups in total. The average molecular weight is 445 g/mol. The number of benzene rings is 3. The Balaban J connectivity index is 1.37. The van der Waals surface area contributed by atoms with Crippen molar-refractivity contribution in [3.63, 3.8) is 0 Å². The highest BCUT2D eigenvalue weighted by molar-refractivity contribution is 6.04. The summed E-state index contributed by atoms with van der Waals surface area (Å²) in [5.74, 6) is -0.352. The topological polar surface area (TPSA) is 94.8 Å². The van der Waals surface area contributed by atoms with Gasteiger partial charge in [-0.1, -0.05) is 31.5 Å². The molecule has 0 aliphatic rings. The van der Waals surface area contributed by atoms with Gasteiger partial charge in [-0.2, -0.15) is 0 Å². The van der Waals surface area contributed by atoms with E-state index in [0.29, 0.717) is 34.6 Å². The molecule has 0 atom stereocenters. The second-order valence-electron chi connectivity index (χ2n) is 7.50. The molecule has 1 heterocycles. The number of carbonyl (C=O) groups excluding carboxylic acids is 2. The van der Waals surface area contributed by atoms with E-state index in [9.17, 15) is 14.4 Å². The molecule has 168 valence electrons. The van der Waals surface area contributed by atoms with E-state index in [-0.39, 0.29) is 18.5 Å². The molecule has 7 heteroatoms. The largest absolute Gasteiger partial charge is 0.484 e. The Kier molecular flexibility index (Phi) is 6.69. The SMILES string of the molecule is CCCCOC(=O)c1ccc(NC(=O)COc2ccc3c(c2)oc(=O)c2ccccc23)cc1. The first-order chi connectivity index (χ1) is 16.0. The fraction of sp³-hybridized carbons (Fsp3) is 0.192. The third-order valence-corrected chi connectivity index (χ3v) is 5.10. The van der Waals surface area contributed by atoms with E-state index in [2.05, 4.69) is 5.32 Å². The van der Waals surface area contributed by atoms with E-state index >= 15 is 0 Å². The Morgan fingerprint density at radius 3 is 2.45 bits per heavy atom.